The number of carbonyl (C=O) groups excluding carboxylic acids is 1. The minimum absolute atomic E-state index is 0.165. The standard InChI is InChI=1S/C13H10FN3O2S/c14-8-2-1-3-9-10(8)11(15)12(20-9)13(18)16-6-7-4-5-17-19-7/h1-5H,6,15H2,(H,16,18). The largest absolute Gasteiger partial charge is 0.397 e. The number of nitrogen functional groups attached to an aromatic ring is 1. The molecule has 1 aromatic carbocycles. The maximum atomic E-state index is 13.7. The lowest BCUT2D eigenvalue weighted by Crippen LogP contribution is -2.22. The number of fused-ring (bicyclic) bond motifs is 1. The molecule has 0 bridgehead atoms. The van der Waals surface area contributed by atoms with Crippen molar-refractivity contribution in [1.82, 2.24) is 10.5 Å². The van der Waals surface area contributed by atoms with Gasteiger partial charge in [-0.15, -0.1) is 11.3 Å². The highest BCUT2D eigenvalue weighted by molar-refractivity contribution is 7.21. The Kier molecular flexibility index (Phi) is 3.11. The van der Waals surface area contributed by atoms with Crippen LogP contribution in [0.3, 0.4) is 0 Å². The van der Waals surface area contributed by atoms with Gasteiger partial charge in [0.15, 0.2) is 5.76 Å². The van der Waals surface area contributed by atoms with Gasteiger partial charge in [0.2, 0.25) is 0 Å². The van der Waals surface area contributed by atoms with Crippen LogP contribution < -0.4 is 11.1 Å². The molecule has 0 fully saturated rings. The van der Waals surface area contributed by atoms with E-state index in [9.17, 15) is 9.18 Å². The first-order chi connectivity index (χ1) is 9.66. The number of hydrogen-bond acceptors (Lipinski definition) is 5. The van der Waals surface area contributed by atoms with Crippen LogP contribution in [-0.4, -0.2) is 11.1 Å². The van der Waals surface area contributed by atoms with Crippen LogP contribution in [0.2, 0.25) is 0 Å². The first-order valence-corrected chi connectivity index (χ1v) is 6.62. The zero-order valence-corrected chi connectivity index (χ0v) is 11.0. The van der Waals surface area contributed by atoms with Crippen LogP contribution in [0, 0.1) is 5.82 Å². The second-order valence-electron chi connectivity index (χ2n) is 4.12. The van der Waals surface area contributed by atoms with Gasteiger partial charge in [-0.3, -0.25) is 4.79 Å². The molecule has 2 heterocycles. The van der Waals surface area contributed by atoms with Crippen LogP contribution in [0.1, 0.15) is 15.4 Å². The molecule has 1 amide bonds. The second-order valence-corrected chi connectivity index (χ2v) is 5.17. The van der Waals surface area contributed by atoms with Gasteiger partial charge in [0.25, 0.3) is 5.91 Å². The number of amides is 1. The van der Waals surface area contributed by atoms with E-state index in [1.165, 1.54) is 12.3 Å². The first kappa shape index (κ1) is 12.6. The van der Waals surface area contributed by atoms with E-state index in [4.69, 9.17) is 10.3 Å². The summed E-state index contributed by atoms with van der Waals surface area (Å²) in [5.74, 6) is -0.255. The van der Waals surface area contributed by atoms with Gasteiger partial charge < -0.3 is 15.6 Å². The molecule has 3 aromatic rings. The summed E-state index contributed by atoms with van der Waals surface area (Å²) in [6.45, 7) is 0.203. The summed E-state index contributed by atoms with van der Waals surface area (Å²) in [5.41, 5.74) is 6.03. The Labute approximate surface area is 117 Å². The van der Waals surface area contributed by atoms with Crippen molar-refractivity contribution in [1.29, 1.82) is 0 Å². The molecule has 102 valence electrons. The molecule has 0 aliphatic rings. The van der Waals surface area contributed by atoms with Crippen molar-refractivity contribution < 1.29 is 13.7 Å². The van der Waals surface area contributed by atoms with Gasteiger partial charge in [0.05, 0.1) is 23.8 Å². The van der Waals surface area contributed by atoms with Crippen LogP contribution in [0.15, 0.2) is 35.0 Å². The second kappa shape index (κ2) is 4.93. The summed E-state index contributed by atoms with van der Waals surface area (Å²) >= 11 is 1.16. The minimum atomic E-state index is -0.425. The number of halogens is 1. The number of nitrogens with zero attached hydrogens (tertiary/aromatic N) is 1. The molecule has 2 aromatic heterocycles. The summed E-state index contributed by atoms with van der Waals surface area (Å²) in [6.07, 6.45) is 1.49. The molecule has 5 nitrogen and oxygen atoms in total. The predicted octanol–water partition coefficient (Wildman–Crippen LogP) is 2.54. The fourth-order valence-corrected chi connectivity index (χ4v) is 2.93. The normalized spacial score (nSPS) is 10.8. The van der Waals surface area contributed by atoms with Crippen LogP contribution in [-0.2, 0) is 6.54 Å². The fourth-order valence-electron chi connectivity index (χ4n) is 1.88. The highest BCUT2D eigenvalue weighted by atomic mass is 32.1. The van der Waals surface area contributed by atoms with Gasteiger partial charge in [-0.2, -0.15) is 0 Å². The summed E-state index contributed by atoms with van der Waals surface area (Å²) in [4.78, 5) is 12.4. The molecular formula is C13H10FN3O2S. The lowest BCUT2D eigenvalue weighted by molar-refractivity contribution is 0.0952. The third kappa shape index (κ3) is 2.12. The molecule has 0 atom stereocenters. The van der Waals surface area contributed by atoms with E-state index < -0.39 is 5.82 Å². The van der Waals surface area contributed by atoms with E-state index in [-0.39, 0.29) is 18.1 Å². The molecule has 0 aliphatic carbocycles. The average Bonchev–Trinajstić information content (AvgIpc) is 3.05. The molecular weight excluding hydrogens is 281 g/mol. The maximum absolute atomic E-state index is 13.7. The summed E-state index contributed by atoms with van der Waals surface area (Å²) in [7, 11) is 0. The summed E-state index contributed by atoms with van der Waals surface area (Å²) in [5, 5.41) is 6.49. The lowest BCUT2D eigenvalue weighted by atomic mass is 10.2. The Bertz CT molecular complexity index is 767. The Morgan fingerprint density at radius 1 is 1.45 bits per heavy atom. The van der Waals surface area contributed by atoms with Crippen LogP contribution >= 0.6 is 11.3 Å². The van der Waals surface area contributed by atoms with E-state index >= 15 is 0 Å². The predicted molar refractivity (Wildman–Crippen MR) is 73.9 cm³/mol. The SMILES string of the molecule is Nc1c(C(=O)NCc2ccno2)sc2cccc(F)c12. The van der Waals surface area contributed by atoms with Gasteiger partial charge in [-0.25, -0.2) is 4.39 Å². The van der Waals surface area contributed by atoms with Gasteiger partial charge in [0.1, 0.15) is 10.7 Å². The molecule has 0 saturated heterocycles. The first-order valence-electron chi connectivity index (χ1n) is 5.81. The number of thiophene rings is 1. The Morgan fingerprint density at radius 3 is 3.00 bits per heavy atom. The highest BCUT2D eigenvalue weighted by Crippen LogP contribution is 2.35. The minimum Gasteiger partial charge on any atom is -0.397 e. The number of hydrogen-bond donors (Lipinski definition) is 2. The summed E-state index contributed by atoms with van der Waals surface area (Å²) < 4.78 is 19.2. The van der Waals surface area contributed by atoms with Crippen molar-refractivity contribution in [2.24, 2.45) is 0 Å². The number of rotatable bonds is 3. The highest BCUT2D eigenvalue weighted by Gasteiger charge is 2.18. The Morgan fingerprint density at radius 2 is 2.30 bits per heavy atom. The van der Waals surface area contributed by atoms with E-state index in [0.717, 1.165) is 11.3 Å². The number of nitrogens with one attached hydrogen (secondary N) is 1. The third-order valence-electron chi connectivity index (χ3n) is 2.82. The Balaban J connectivity index is 1.88. The molecule has 0 aliphatic heterocycles. The fraction of sp³-hybridized carbons (Fsp3) is 0.0769. The van der Waals surface area contributed by atoms with Crippen molar-refractivity contribution in [2.75, 3.05) is 5.73 Å². The van der Waals surface area contributed by atoms with Crippen molar-refractivity contribution in [3.8, 4) is 0 Å². The molecule has 20 heavy (non-hydrogen) atoms. The molecule has 0 saturated carbocycles. The lowest BCUT2D eigenvalue weighted by Gasteiger charge is -2.01. The van der Waals surface area contributed by atoms with Gasteiger partial charge in [0, 0.05) is 10.8 Å². The molecule has 0 spiro atoms. The van der Waals surface area contributed by atoms with Crippen LogP contribution in [0.25, 0.3) is 10.1 Å². The third-order valence-corrected chi connectivity index (χ3v) is 3.99. The van der Waals surface area contributed by atoms with Gasteiger partial charge in [-0.05, 0) is 12.1 Å². The molecule has 7 heteroatoms. The zero-order chi connectivity index (χ0) is 14.1. The monoisotopic (exact) mass is 291 g/mol. The number of aromatic nitrogens is 1. The topological polar surface area (TPSA) is 81.2 Å². The average molecular weight is 291 g/mol. The number of nitrogens with two attached hydrogens (primary N) is 1. The number of carbonyl (C=O) groups is 1. The van der Waals surface area contributed by atoms with Gasteiger partial charge >= 0.3 is 0 Å². The van der Waals surface area contributed by atoms with Crippen LogP contribution in [0.4, 0.5) is 10.1 Å². The van der Waals surface area contributed by atoms with E-state index in [1.54, 1.807) is 18.2 Å². The van der Waals surface area contributed by atoms with Crippen molar-refractivity contribution >= 4 is 33.0 Å². The maximum Gasteiger partial charge on any atom is 0.263 e. The van der Waals surface area contributed by atoms with Crippen molar-refractivity contribution in [3.63, 3.8) is 0 Å². The van der Waals surface area contributed by atoms with E-state index in [1.807, 2.05) is 0 Å². The van der Waals surface area contributed by atoms with Gasteiger partial charge in [-0.1, -0.05) is 11.2 Å². The van der Waals surface area contributed by atoms with Crippen molar-refractivity contribution in [2.45, 2.75) is 6.54 Å². The molecule has 0 unspecified atom stereocenters. The molecule has 3 rings (SSSR count). The zero-order valence-electron chi connectivity index (χ0n) is 10.2. The molecule has 0 radical (unpaired) electrons. The van der Waals surface area contributed by atoms with E-state index in [0.29, 0.717) is 20.7 Å². The smallest absolute Gasteiger partial charge is 0.263 e. The quantitative estimate of drug-likeness (QED) is 0.777. The Hall–Kier alpha value is -2.41. The summed E-state index contributed by atoms with van der Waals surface area (Å²) in [6, 6.07) is 6.28. The van der Waals surface area contributed by atoms with Crippen LogP contribution in [0.5, 0.6) is 0 Å². The number of benzene rings is 1. The van der Waals surface area contributed by atoms with Crippen molar-refractivity contribution in [3.05, 3.63) is 46.9 Å². The van der Waals surface area contributed by atoms with E-state index in [2.05, 4.69) is 10.5 Å². The number of anilines is 1. The molecule has 3 N–H and O–H groups in total.